The Balaban J connectivity index is 2.13. The molecule has 0 spiro atoms. The summed E-state index contributed by atoms with van der Waals surface area (Å²) >= 11 is 0. The van der Waals surface area contributed by atoms with Crippen LogP contribution in [0.2, 0.25) is 0 Å². The molecule has 0 fully saturated rings. The number of aromatic nitrogens is 1. The number of benzene rings is 3. The molecule has 1 radical (unpaired) electrons. The third-order valence-corrected chi connectivity index (χ3v) is 3.54. The van der Waals surface area contributed by atoms with Crippen molar-refractivity contribution in [3.05, 3.63) is 72.8 Å². The molecule has 0 bridgehead atoms. The summed E-state index contributed by atoms with van der Waals surface area (Å²) in [6, 6.07) is 26.3. The molecule has 1 heterocycles. The third-order valence-electron chi connectivity index (χ3n) is 3.54. The van der Waals surface area contributed by atoms with Gasteiger partial charge >= 0.3 is 0 Å². The average molecular weight is 242 g/mol. The molecule has 4 rings (SSSR count). The highest BCUT2D eigenvalue weighted by molar-refractivity contribution is 6.11. The Morgan fingerprint density at radius 1 is 0.789 bits per heavy atom. The van der Waals surface area contributed by atoms with E-state index in [4.69, 9.17) is 0 Å². The van der Waals surface area contributed by atoms with Gasteiger partial charge in [0.1, 0.15) is 0 Å². The summed E-state index contributed by atoms with van der Waals surface area (Å²) in [6.07, 6.45) is 0. The van der Waals surface area contributed by atoms with Crippen molar-refractivity contribution in [2.75, 3.05) is 0 Å². The molecule has 1 N–H and O–H groups in total. The van der Waals surface area contributed by atoms with Gasteiger partial charge in [-0.15, -0.1) is 0 Å². The first-order valence-corrected chi connectivity index (χ1v) is 6.40. The maximum Gasteiger partial charge on any atom is 0.0550 e. The van der Waals surface area contributed by atoms with Gasteiger partial charge in [0.15, 0.2) is 0 Å². The fourth-order valence-corrected chi connectivity index (χ4v) is 2.64. The van der Waals surface area contributed by atoms with E-state index in [9.17, 15) is 0 Å². The van der Waals surface area contributed by atoms with Gasteiger partial charge in [-0.1, -0.05) is 60.7 Å². The Labute approximate surface area is 111 Å². The lowest BCUT2D eigenvalue weighted by Crippen LogP contribution is -1.79. The van der Waals surface area contributed by atoms with Gasteiger partial charge in [-0.2, -0.15) is 0 Å². The first-order chi connectivity index (χ1) is 9.43. The monoisotopic (exact) mass is 242 g/mol. The Hall–Kier alpha value is -2.54. The highest BCUT2D eigenvalue weighted by atomic mass is 14.7. The smallest absolute Gasteiger partial charge is 0.0550 e. The fraction of sp³-hybridized carbons (Fsp3) is 0. The molecule has 1 heteroatoms. The Morgan fingerprint density at radius 3 is 2.47 bits per heavy atom. The fourth-order valence-electron chi connectivity index (χ4n) is 2.64. The van der Waals surface area contributed by atoms with Gasteiger partial charge < -0.3 is 4.98 Å². The number of rotatable bonds is 1. The molecule has 0 saturated carbocycles. The van der Waals surface area contributed by atoms with Gasteiger partial charge in [-0.05, 0) is 17.7 Å². The number of nitrogens with one attached hydrogen (secondary N) is 1. The molecule has 0 amide bonds. The zero-order chi connectivity index (χ0) is 12.7. The number of fused-ring (bicyclic) bond motifs is 3. The van der Waals surface area contributed by atoms with Gasteiger partial charge in [-0.3, -0.25) is 0 Å². The summed E-state index contributed by atoms with van der Waals surface area (Å²) in [4.78, 5) is 3.51. The van der Waals surface area contributed by atoms with Gasteiger partial charge in [0.2, 0.25) is 0 Å². The molecule has 4 aromatic rings. The minimum Gasteiger partial charge on any atom is -0.354 e. The SMILES string of the molecule is [c]1ccc(-c2ccccc2)c2[nH]c3ccccc3c12. The minimum absolute atomic E-state index is 1.16. The molecule has 0 saturated heterocycles. The zero-order valence-electron chi connectivity index (χ0n) is 10.4. The van der Waals surface area contributed by atoms with E-state index in [0.717, 1.165) is 16.4 Å². The molecule has 0 atom stereocenters. The standard InChI is InChI=1S/C18H12N/c1-2-7-13(8-3-1)14-10-6-11-16-15-9-4-5-12-17(15)19-18(14)16/h1-10,12,19H. The van der Waals surface area contributed by atoms with Crippen LogP contribution in [-0.2, 0) is 0 Å². The van der Waals surface area contributed by atoms with E-state index in [-0.39, 0.29) is 0 Å². The summed E-state index contributed by atoms with van der Waals surface area (Å²) in [5.41, 5.74) is 4.78. The van der Waals surface area contributed by atoms with Crippen molar-refractivity contribution >= 4 is 21.8 Å². The first-order valence-electron chi connectivity index (χ1n) is 6.40. The van der Waals surface area contributed by atoms with E-state index < -0.39 is 0 Å². The number of H-pyrrole nitrogens is 1. The number of hydrogen-bond donors (Lipinski definition) is 1. The maximum atomic E-state index is 3.51. The Kier molecular flexibility index (Phi) is 2.18. The molecule has 0 unspecified atom stereocenters. The second-order valence-corrected chi connectivity index (χ2v) is 4.68. The predicted octanol–water partition coefficient (Wildman–Crippen LogP) is 4.79. The van der Waals surface area contributed by atoms with Crippen LogP contribution in [0.3, 0.4) is 0 Å². The summed E-state index contributed by atoms with van der Waals surface area (Å²) in [5.74, 6) is 0. The maximum absolute atomic E-state index is 3.51. The molecule has 1 aromatic heterocycles. The number of para-hydroxylation sites is 1. The van der Waals surface area contributed by atoms with Crippen LogP contribution >= 0.6 is 0 Å². The van der Waals surface area contributed by atoms with Gasteiger partial charge in [-0.25, -0.2) is 0 Å². The number of hydrogen-bond acceptors (Lipinski definition) is 0. The van der Waals surface area contributed by atoms with Crippen LogP contribution in [-0.4, -0.2) is 4.98 Å². The molecular formula is C18H12N. The molecular weight excluding hydrogens is 230 g/mol. The van der Waals surface area contributed by atoms with Gasteiger partial charge in [0.25, 0.3) is 0 Å². The molecule has 1 nitrogen and oxygen atoms in total. The summed E-state index contributed by atoms with van der Waals surface area (Å²) in [5, 5.41) is 2.40. The van der Waals surface area contributed by atoms with Crippen LogP contribution in [0, 0.1) is 6.07 Å². The highest BCUT2D eigenvalue weighted by Gasteiger charge is 2.08. The summed E-state index contributed by atoms with van der Waals surface area (Å²) in [6.45, 7) is 0. The van der Waals surface area contributed by atoms with E-state index in [1.165, 1.54) is 16.5 Å². The van der Waals surface area contributed by atoms with Crippen LogP contribution in [0.5, 0.6) is 0 Å². The van der Waals surface area contributed by atoms with Crippen LogP contribution in [0.4, 0.5) is 0 Å². The van der Waals surface area contributed by atoms with Crippen molar-refractivity contribution < 1.29 is 0 Å². The van der Waals surface area contributed by atoms with E-state index >= 15 is 0 Å². The average Bonchev–Trinajstić information content (AvgIpc) is 2.87. The lowest BCUT2D eigenvalue weighted by molar-refractivity contribution is 1.53. The number of aromatic amines is 1. The van der Waals surface area contributed by atoms with Crippen LogP contribution < -0.4 is 0 Å². The second-order valence-electron chi connectivity index (χ2n) is 4.68. The lowest BCUT2D eigenvalue weighted by Gasteiger charge is -2.02. The summed E-state index contributed by atoms with van der Waals surface area (Å²) in [7, 11) is 0. The molecule has 0 aliphatic heterocycles. The molecule has 19 heavy (non-hydrogen) atoms. The largest absolute Gasteiger partial charge is 0.354 e. The van der Waals surface area contributed by atoms with Crippen molar-refractivity contribution in [1.29, 1.82) is 0 Å². The van der Waals surface area contributed by atoms with Crippen molar-refractivity contribution in [2.24, 2.45) is 0 Å². The Bertz CT molecular complexity index is 857. The first kappa shape index (κ1) is 10.4. The quantitative estimate of drug-likeness (QED) is 0.494. The normalized spacial score (nSPS) is 11.2. The van der Waals surface area contributed by atoms with Crippen LogP contribution in [0.1, 0.15) is 0 Å². The van der Waals surface area contributed by atoms with Crippen molar-refractivity contribution in [1.82, 2.24) is 4.98 Å². The Morgan fingerprint density at radius 2 is 1.58 bits per heavy atom. The molecule has 0 aliphatic rings. The topological polar surface area (TPSA) is 15.8 Å². The molecule has 89 valence electrons. The predicted molar refractivity (Wildman–Crippen MR) is 80.1 cm³/mol. The van der Waals surface area contributed by atoms with Gasteiger partial charge in [0, 0.05) is 21.9 Å². The highest BCUT2D eigenvalue weighted by Crippen LogP contribution is 2.32. The van der Waals surface area contributed by atoms with Crippen molar-refractivity contribution in [3.63, 3.8) is 0 Å². The van der Waals surface area contributed by atoms with E-state index in [0.29, 0.717) is 0 Å². The van der Waals surface area contributed by atoms with Crippen molar-refractivity contribution in [3.8, 4) is 11.1 Å². The van der Waals surface area contributed by atoms with Gasteiger partial charge in [0.05, 0.1) is 5.52 Å². The van der Waals surface area contributed by atoms with E-state index in [2.05, 4.69) is 65.6 Å². The molecule has 3 aromatic carbocycles. The van der Waals surface area contributed by atoms with Crippen LogP contribution in [0.25, 0.3) is 32.9 Å². The van der Waals surface area contributed by atoms with Crippen molar-refractivity contribution in [2.45, 2.75) is 0 Å². The van der Waals surface area contributed by atoms with E-state index in [1.807, 2.05) is 12.1 Å². The second kappa shape index (κ2) is 3.99. The van der Waals surface area contributed by atoms with Crippen LogP contribution in [0.15, 0.2) is 66.7 Å². The zero-order valence-corrected chi connectivity index (χ0v) is 10.4. The summed E-state index contributed by atoms with van der Waals surface area (Å²) < 4.78 is 0. The lowest BCUT2D eigenvalue weighted by atomic mass is 10.0. The molecule has 0 aliphatic carbocycles. The minimum atomic E-state index is 1.16. The third kappa shape index (κ3) is 1.55. The van der Waals surface area contributed by atoms with E-state index in [1.54, 1.807) is 0 Å².